The Bertz CT molecular complexity index is 1220. The highest BCUT2D eigenvalue weighted by molar-refractivity contribution is 5.70. The van der Waals surface area contributed by atoms with E-state index in [1.165, 1.54) is 0 Å². The van der Waals surface area contributed by atoms with Crippen molar-refractivity contribution in [3.05, 3.63) is 131 Å². The van der Waals surface area contributed by atoms with Crippen LogP contribution in [0.1, 0.15) is 33.4 Å². The summed E-state index contributed by atoms with van der Waals surface area (Å²) in [6, 6.07) is 24.1. The van der Waals surface area contributed by atoms with E-state index in [4.69, 9.17) is 0 Å². The largest absolute Gasteiger partial charge is 0.265 e. The Labute approximate surface area is 189 Å². The third kappa shape index (κ3) is 6.42. The summed E-state index contributed by atoms with van der Waals surface area (Å²) in [7, 11) is 0. The van der Waals surface area contributed by atoms with E-state index in [-0.39, 0.29) is 0 Å². The van der Waals surface area contributed by atoms with Crippen molar-refractivity contribution < 1.29 is 0 Å². The second kappa shape index (κ2) is 10.9. The van der Waals surface area contributed by atoms with Gasteiger partial charge in [0.15, 0.2) is 0 Å². The lowest BCUT2D eigenvalue weighted by Gasteiger charge is -1.95. The number of benzene rings is 2. The first-order valence-electron chi connectivity index (χ1n) is 10.2. The van der Waals surface area contributed by atoms with Crippen molar-refractivity contribution in [3.63, 3.8) is 0 Å². The van der Waals surface area contributed by atoms with Crippen molar-refractivity contribution in [1.82, 2.24) is 9.97 Å². The van der Waals surface area contributed by atoms with Crippen LogP contribution in [0, 0.1) is 23.7 Å². The van der Waals surface area contributed by atoms with E-state index in [0.29, 0.717) is 0 Å². The van der Waals surface area contributed by atoms with Crippen LogP contribution in [0.2, 0.25) is 0 Å². The van der Waals surface area contributed by atoms with Crippen LogP contribution >= 0.6 is 0 Å². The molecule has 32 heavy (non-hydrogen) atoms. The highest BCUT2D eigenvalue weighted by Gasteiger charge is 1.91. The minimum Gasteiger partial charge on any atom is -0.265 e. The average Bonchev–Trinajstić information content (AvgIpc) is 2.87. The van der Waals surface area contributed by atoms with E-state index >= 15 is 0 Å². The van der Waals surface area contributed by atoms with Crippen LogP contribution in [-0.4, -0.2) is 9.97 Å². The van der Waals surface area contributed by atoms with Gasteiger partial charge in [-0.2, -0.15) is 0 Å². The van der Waals surface area contributed by atoms with Crippen LogP contribution in [0.4, 0.5) is 0 Å². The fourth-order valence-electron chi connectivity index (χ4n) is 2.90. The molecule has 2 aromatic carbocycles. The Morgan fingerprint density at radius 1 is 0.406 bits per heavy atom. The highest BCUT2D eigenvalue weighted by atomic mass is 14.6. The van der Waals surface area contributed by atoms with Gasteiger partial charge in [-0.25, -0.2) is 0 Å². The molecule has 0 aliphatic heterocycles. The summed E-state index contributed by atoms with van der Waals surface area (Å²) >= 11 is 0. The summed E-state index contributed by atoms with van der Waals surface area (Å²) in [6.07, 6.45) is 15.4. The van der Waals surface area contributed by atoms with Gasteiger partial charge in [0.25, 0.3) is 0 Å². The lowest BCUT2D eigenvalue weighted by molar-refractivity contribution is 1.32. The fraction of sp³-hybridized carbons (Fsp3) is 0. The quantitative estimate of drug-likeness (QED) is 0.375. The molecule has 0 aliphatic rings. The predicted molar refractivity (Wildman–Crippen MR) is 133 cm³/mol. The van der Waals surface area contributed by atoms with Crippen LogP contribution < -0.4 is 0 Å². The molecule has 0 bridgehead atoms. The number of pyridine rings is 2. The Morgan fingerprint density at radius 3 is 1.06 bits per heavy atom. The van der Waals surface area contributed by atoms with Gasteiger partial charge in [-0.05, 0) is 82.6 Å². The number of aromatic nitrogens is 2. The van der Waals surface area contributed by atoms with Crippen molar-refractivity contribution >= 4 is 24.3 Å². The molecule has 0 fully saturated rings. The molecule has 0 atom stereocenters. The molecular formula is C30H20N2. The Balaban J connectivity index is 1.34. The van der Waals surface area contributed by atoms with E-state index in [1.807, 2.05) is 72.8 Å². The van der Waals surface area contributed by atoms with Gasteiger partial charge in [0.2, 0.25) is 0 Å². The summed E-state index contributed by atoms with van der Waals surface area (Å²) < 4.78 is 0. The Hall–Kier alpha value is -4.66. The molecule has 0 radical (unpaired) electrons. The topological polar surface area (TPSA) is 25.8 Å². The van der Waals surface area contributed by atoms with Crippen molar-refractivity contribution in [2.45, 2.75) is 0 Å². The molecule has 0 saturated carbocycles. The first kappa shape index (κ1) is 20.6. The zero-order valence-electron chi connectivity index (χ0n) is 17.4. The smallest absolute Gasteiger partial charge is 0.0273 e. The first-order chi connectivity index (χ1) is 15.8. The average molecular weight is 409 g/mol. The maximum Gasteiger partial charge on any atom is 0.0273 e. The van der Waals surface area contributed by atoms with E-state index < -0.39 is 0 Å². The van der Waals surface area contributed by atoms with Gasteiger partial charge in [0.1, 0.15) is 0 Å². The van der Waals surface area contributed by atoms with E-state index in [9.17, 15) is 0 Å². The molecule has 0 amide bonds. The first-order valence-corrected chi connectivity index (χ1v) is 10.2. The molecule has 2 aromatic heterocycles. The van der Waals surface area contributed by atoms with Crippen molar-refractivity contribution in [2.75, 3.05) is 0 Å². The highest BCUT2D eigenvalue weighted by Crippen LogP contribution is 2.10. The molecule has 150 valence electrons. The lowest BCUT2D eigenvalue weighted by atomic mass is 10.1. The monoisotopic (exact) mass is 408 g/mol. The molecule has 0 N–H and O–H groups in total. The number of hydrogen-bond acceptors (Lipinski definition) is 2. The maximum absolute atomic E-state index is 4.02. The summed E-state index contributed by atoms with van der Waals surface area (Å²) in [5.74, 6) is 12.1. The van der Waals surface area contributed by atoms with E-state index in [2.05, 4.69) is 58.0 Å². The Kier molecular flexibility index (Phi) is 7.04. The van der Waals surface area contributed by atoms with E-state index in [1.54, 1.807) is 24.8 Å². The summed E-state index contributed by atoms with van der Waals surface area (Å²) in [5, 5.41) is 0. The number of rotatable bonds is 4. The molecule has 4 rings (SSSR count). The summed E-state index contributed by atoms with van der Waals surface area (Å²) in [6.45, 7) is 0. The second-order valence-corrected chi connectivity index (χ2v) is 6.97. The van der Waals surface area contributed by atoms with Gasteiger partial charge < -0.3 is 0 Å². The van der Waals surface area contributed by atoms with Crippen LogP contribution in [0.25, 0.3) is 24.3 Å². The molecule has 2 heteroatoms. The van der Waals surface area contributed by atoms with Gasteiger partial charge in [-0.3, -0.25) is 9.97 Å². The van der Waals surface area contributed by atoms with Gasteiger partial charge in [0.05, 0.1) is 0 Å². The van der Waals surface area contributed by atoms with Crippen molar-refractivity contribution in [2.24, 2.45) is 0 Å². The van der Waals surface area contributed by atoms with E-state index in [0.717, 1.165) is 33.4 Å². The Morgan fingerprint density at radius 2 is 0.719 bits per heavy atom. The molecule has 0 saturated heterocycles. The molecular weight excluding hydrogens is 388 g/mol. The molecule has 0 spiro atoms. The molecule has 2 nitrogen and oxygen atoms in total. The van der Waals surface area contributed by atoms with Crippen LogP contribution in [0.15, 0.2) is 97.6 Å². The minimum absolute atomic E-state index is 0.942. The number of nitrogens with zero attached hydrogens (tertiary/aromatic N) is 2. The van der Waals surface area contributed by atoms with Crippen LogP contribution in [-0.2, 0) is 0 Å². The maximum atomic E-state index is 4.02. The second-order valence-electron chi connectivity index (χ2n) is 6.97. The zero-order chi connectivity index (χ0) is 21.8. The molecule has 4 aromatic rings. The summed E-state index contributed by atoms with van der Waals surface area (Å²) in [5.41, 5.74) is 6.37. The SMILES string of the molecule is C(C#Cc1ccc(/C=C\c2ccncc2)cc1)#Cc1ccc(/C=C\c2ccncc2)cc1. The molecule has 0 unspecified atom stereocenters. The van der Waals surface area contributed by atoms with Crippen molar-refractivity contribution in [3.8, 4) is 23.7 Å². The minimum atomic E-state index is 0.942. The standard InChI is InChI=1S/C30H20N2/c1(3-25-5-9-27(10-6-25)13-15-29-17-21-31-22-18-29)2-4-26-7-11-28(12-8-26)14-16-30-19-23-32-24-20-30/h5-24H/b15-13-,16-14-. The van der Waals surface area contributed by atoms with Crippen LogP contribution in [0.3, 0.4) is 0 Å². The molecule has 2 heterocycles. The fourth-order valence-corrected chi connectivity index (χ4v) is 2.90. The third-order valence-corrected chi connectivity index (χ3v) is 4.65. The lowest BCUT2D eigenvalue weighted by Crippen LogP contribution is -1.77. The third-order valence-electron chi connectivity index (χ3n) is 4.65. The summed E-state index contributed by atoms with van der Waals surface area (Å²) in [4.78, 5) is 8.05. The van der Waals surface area contributed by atoms with Crippen LogP contribution in [0.5, 0.6) is 0 Å². The zero-order valence-corrected chi connectivity index (χ0v) is 17.4. The molecule has 0 aliphatic carbocycles. The van der Waals surface area contributed by atoms with Gasteiger partial charge in [-0.15, -0.1) is 0 Å². The van der Waals surface area contributed by atoms with Crippen molar-refractivity contribution in [1.29, 1.82) is 0 Å². The normalized spacial score (nSPS) is 10.4. The number of hydrogen-bond donors (Lipinski definition) is 0. The van der Waals surface area contributed by atoms with Gasteiger partial charge in [-0.1, -0.05) is 60.4 Å². The van der Waals surface area contributed by atoms with Gasteiger partial charge in [0, 0.05) is 35.9 Å². The van der Waals surface area contributed by atoms with Gasteiger partial charge >= 0.3 is 0 Å². The predicted octanol–water partition coefficient (Wildman–Crippen LogP) is 6.22.